The number of benzene rings is 3. The van der Waals surface area contributed by atoms with Crippen molar-refractivity contribution in [2.24, 2.45) is 0 Å². The number of carbonyl (C=O) groups is 1. The number of phenols is 1. The lowest BCUT2D eigenvalue weighted by Gasteiger charge is -2.28. The zero-order valence-corrected chi connectivity index (χ0v) is 13.6. The number of carbonyl (C=O) groups excluding carboxylic acids is 1. The van der Waals surface area contributed by atoms with E-state index < -0.39 is 5.79 Å². The number of phenolic OH excluding ortho intramolecular Hbond substituents is 1. The average molecular weight is 332 g/mol. The maximum absolute atomic E-state index is 11.7. The molecule has 1 aliphatic heterocycles. The summed E-state index contributed by atoms with van der Waals surface area (Å²) in [5, 5.41) is 10.5. The van der Waals surface area contributed by atoms with Gasteiger partial charge in [-0.15, -0.1) is 0 Å². The number of rotatable bonds is 3. The molecule has 0 saturated heterocycles. The van der Waals surface area contributed by atoms with Crippen LogP contribution >= 0.6 is 0 Å². The second-order valence-electron chi connectivity index (χ2n) is 5.90. The highest BCUT2D eigenvalue weighted by molar-refractivity contribution is 5.98. The van der Waals surface area contributed by atoms with Gasteiger partial charge in [0.05, 0.1) is 5.56 Å². The highest BCUT2D eigenvalue weighted by Gasteiger charge is 2.46. The Morgan fingerprint density at radius 3 is 1.92 bits per heavy atom. The molecule has 0 radical (unpaired) electrons. The summed E-state index contributed by atoms with van der Waals surface area (Å²) < 4.78 is 12.4. The van der Waals surface area contributed by atoms with E-state index in [1.54, 1.807) is 12.1 Å². The fourth-order valence-corrected chi connectivity index (χ4v) is 3.05. The predicted molar refractivity (Wildman–Crippen MR) is 93.0 cm³/mol. The molecule has 3 aromatic carbocycles. The van der Waals surface area contributed by atoms with E-state index in [0.717, 1.165) is 11.1 Å². The molecule has 4 heteroatoms. The Balaban J connectivity index is 1.91. The Morgan fingerprint density at radius 1 is 0.840 bits per heavy atom. The topological polar surface area (TPSA) is 55.8 Å². The van der Waals surface area contributed by atoms with Gasteiger partial charge in [-0.25, -0.2) is 0 Å². The van der Waals surface area contributed by atoms with E-state index in [1.807, 2.05) is 60.7 Å². The predicted octanol–water partition coefficient (Wildman–Crippen LogP) is 4.27. The molecule has 0 fully saturated rings. The van der Waals surface area contributed by atoms with E-state index in [0.29, 0.717) is 5.75 Å². The van der Waals surface area contributed by atoms with E-state index in [2.05, 4.69) is 0 Å². The molecule has 0 aromatic heterocycles. The highest BCUT2D eigenvalue weighted by atomic mass is 16.7. The second-order valence-corrected chi connectivity index (χ2v) is 5.90. The van der Waals surface area contributed by atoms with Crippen molar-refractivity contribution < 1.29 is 19.4 Å². The molecule has 124 valence electrons. The summed E-state index contributed by atoms with van der Waals surface area (Å²) in [6, 6.07) is 22.2. The van der Waals surface area contributed by atoms with Crippen molar-refractivity contribution >= 4 is 5.78 Å². The molecule has 0 unspecified atom stereocenters. The number of hydrogen-bond acceptors (Lipinski definition) is 4. The summed E-state index contributed by atoms with van der Waals surface area (Å²) in [6.45, 7) is 1.40. The first-order valence-electron chi connectivity index (χ1n) is 7.98. The van der Waals surface area contributed by atoms with E-state index in [4.69, 9.17) is 9.47 Å². The molecular formula is C21H16O4. The molecule has 3 aromatic rings. The first kappa shape index (κ1) is 15.3. The first-order chi connectivity index (χ1) is 12.1. The van der Waals surface area contributed by atoms with Crippen molar-refractivity contribution in [2.75, 3.05) is 0 Å². The van der Waals surface area contributed by atoms with Gasteiger partial charge in [-0.2, -0.15) is 0 Å². The average Bonchev–Trinajstić information content (AvgIpc) is 3.05. The van der Waals surface area contributed by atoms with Crippen LogP contribution in [0.3, 0.4) is 0 Å². The van der Waals surface area contributed by atoms with Gasteiger partial charge in [0.25, 0.3) is 0 Å². The molecule has 0 spiro atoms. The van der Waals surface area contributed by atoms with Gasteiger partial charge in [0.15, 0.2) is 17.3 Å². The zero-order chi connectivity index (χ0) is 17.4. The fraction of sp³-hybridized carbons (Fsp3) is 0.0952. The lowest BCUT2D eigenvalue weighted by molar-refractivity contribution is -0.0467. The summed E-state index contributed by atoms with van der Waals surface area (Å²) in [5.41, 5.74) is 1.79. The summed E-state index contributed by atoms with van der Waals surface area (Å²) in [4.78, 5) is 11.7. The lowest BCUT2D eigenvalue weighted by atomic mass is 9.97. The lowest BCUT2D eigenvalue weighted by Crippen LogP contribution is -2.36. The van der Waals surface area contributed by atoms with E-state index in [1.165, 1.54) is 6.92 Å². The number of hydrogen-bond donors (Lipinski definition) is 1. The number of fused-ring (bicyclic) bond motifs is 1. The van der Waals surface area contributed by atoms with Gasteiger partial charge >= 0.3 is 5.79 Å². The number of ether oxygens (including phenoxy) is 2. The van der Waals surface area contributed by atoms with Crippen LogP contribution in [0, 0.1) is 0 Å². The third-order valence-corrected chi connectivity index (χ3v) is 4.28. The van der Waals surface area contributed by atoms with Crippen molar-refractivity contribution in [1.29, 1.82) is 0 Å². The van der Waals surface area contributed by atoms with Crippen LogP contribution in [0.1, 0.15) is 28.4 Å². The van der Waals surface area contributed by atoms with Gasteiger partial charge in [0.1, 0.15) is 0 Å². The minimum Gasteiger partial charge on any atom is -0.504 e. The molecule has 25 heavy (non-hydrogen) atoms. The quantitative estimate of drug-likeness (QED) is 0.728. The van der Waals surface area contributed by atoms with Crippen LogP contribution in [0.25, 0.3) is 0 Å². The largest absolute Gasteiger partial charge is 0.504 e. The molecule has 4 rings (SSSR count). The summed E-state index contributed by atoms with van der Waals surface area (Å²) in [5.74, 6) is -1.06. The van der Waals surface area contributed by atoms with Crippen LogP contribution in [0.5, 0.6) is 17.2 Å². The van der Waals surface area contributed by atoms with Crippen molar-refractivity contribution in [1.82, 2.24) is 0 Å². The number of Topliss-reactive ketones (excluding diaryl/α,β-unsaturated/α-hetero) is 1. The molecule has 1 N–H and O–H groups in total. The first-order valence-corrected chi connectivity index (χ1v) is 7.98. The van der Waals surface area contributed by atoms with Gasteiger partial charge in [0.2, 0.25) is 5.75 Å². The Hall–Kier alpha value is -3.27. The Bertz CT molecular complexity index is 893. The minimum absolute atomic E-state index is 0.181. The summed E-state index contributed by atoms with van der Waals surface area (Å²) in [6.07, 6.45) is 0. The van der Waals surface area contributed by atoms with Crippen molar-refractivity contribution in [3.8, 4) is 17.2 Å². The smallest absolute Gasteiger partial charge is 0.305 e. The van der Waals surface area contributed by atoms with E-state index >= 15 is 0 Å². The molecular weight excluding hydrogens is 316 g/mol. The van der Waals surface area contributed by atoms with E-state index in [-0.39, 0.29) is 22.8 Å². The van der Waals surface area contributed by atoms with E-state index in [9.17, 15) is 9.90 Å². The standard InChI is InChI=1S/C21H16O4/c1-14(22)17-12-13-18-20(19(17)23)25-21(24-18,15-8-4-2-5-9-15)16-10-6-3-7-11-16/h2-13,23H,1H3. The van der Waals surface area contributed by atoms with Crippen molar-refractivity contribution in [2.45, 2.75) is 12.7 Å². The van der Waals surface area contributed by atoms with Crippen LogP contribution < -0.4 is 9.47 Å². The third kappa shape index (κ3) is 2.34. The molecule has 1 heterocycles. The van der Waals surface area contributed by atoms with Crippen LogP contribution in [0.15, 0.2) is 72.8 Å². The molecule has 0 aliphatic carbocycles. The van der Waals surface area contributed by atoms with Gasteiger partial charge in [-0.3, -0.25) is 4.79 Å². The van der Waals surface area contributed by atoms with Crippen LogP contribution in [-0.2, 0) is 5.79 Å². The molecule has 1 aliphatic rings. The minimum atomic E-state index is -1.21. The maximum Gasteiger partial charge on any atom is 0.305 e. The van der Waals surface area contributed by atoms with Gasteiger partial charge in [-0.1, -0.05) is 60.7 Å². The summed E-state index contributed by atoms with van der Waals surface area (Å²) in [7, 11) is 0. The molecule has 0 atom stereocenters. The monoisotopic (exact) mass is 332 g/mol. The fourth-order valence-electron chi connectivity index (χ4n) is 3.05. The highest BCUT2D eigenvalue weighted by Crippen LogP contribution is 2.52. The maximum atomic E-state index is 11.7. The summed E-state index contributed by atoms with van der Waals surface area (Å²) >= 11 is 0. The van der Waals surface area contributed by atoms with Gasteiger partial charge in [0, 0.05) is 11.1 Å². The molecule has 0 amide bonds. The Labute approximate surface area is 145 Å². The second kappa shape index (κ2) is 5.67. The Morgan fingerprint density at radius 2 is 1.40 bits per heavy atom. The normalized spacial score (nSPS) is 14.3. The van der Waals surface area contributed by atoms with Crippen molar-refractivity contribution in [3.63, 3.8) is 0 Å². The molecule has 0 bridgehead atoms. The van der Waals surface area contributed by atoms with Crippen molar-refractivity contribution in [3.05, 3.63) is 89.5 Å². The Kier molecular flexibility index (Phi) is 3.46. The van der Waals surface area contributed by atoms with Gasteiger partial charge in [-0.05, 0) is 19.1 Å². The van der Waals surface area contributed by atoms with Crippen LogP contribution in [0.2, 0.25) is 0 Å². The SMILES string of the molecule is CC(=O)c1ccc2c(c1O)OC(c1ccccc1)(c1ccccc1)O2. The van der Waals surface area contributed by atoms with Crippen LogP contribution in [0.4, 0.5) is 0 Å². The van der Waals surface area contributed by atoms with Crippen LogP contribution in [-0.4, -0.2) is 10.9 Å². The number of aromatic hydroxyl groups is 1. The zero-order valence-electron chi connectivity index (χ0n) is 13.6. The van der Waals surface area contributed by atoms with Gasteiger partial charge < -0.3 is 14.6 Å². The molecule has 4 nitrogen and oxygen atoms in total. The number of ketones is 1. The third-order valence-electron chi connectivity index (χ3n) is 4.28. The molecule has 0 saturated carbocycles.